The number of hydrogen-bond acceptors (Lipinski definition) is 4. The van der Waals surface area contributed by atoms with Crippen molar-refractivity contribution in [3.8, 4) is 12.3 Å². The molecular formula is C17H28O4. The molecule has 1 saturated heterocycles. The van der Waals surface area contributed by atoms with E-state index < -0.39 is 6.10 Å². The normalized spacial score (nSPS) is 22.8. The van der Waals surface area contributed by atoms with E-state index in [0.717, 1.165) is 32.1 Å². The van der Waals surface area contributed by atoms with E-state index in [4.69, 9.17) is 16.3 Å². The summed E-state index contributed by atoms with van der Waals surface area (Å²) in [7, 11) is 0. The summed E-state index contributed by atoms with van der Waals surface area (Å²) in [5, 5.41) is 18.2. The topological polar surface area (TPSA) is 66.8 Å². The Balaban J connectivity index is 2.04. The standard InChI is InChI=1S/C17H28O4/c1-2-3-4-5-6-7-8-9-10-16-12-14(17(20)21-16)11-15(19)13-18/h1,14-16,18-19H,3-13H2/t14-,15-,16-/m1/s1. The molecule has 4 nitrogen and oxygen atoms in total. The SMILES string of the molecule is C#CCCCCCCCC[C@@H]1C[C@@H](C[C@@H](O)CO)C(=O)O1. The fourth-order valence-electron chi connectivity index (χ4n) is 2.80. The van der Waals surface area contributed by atoms with E-state index in [2.05, 4.69) is 5.92 Å². The molecule has 120 valence electrons. The average Bonchev–Trinajstić information content (AvgIpc) is 2.82. The highest BCUT2D eigenvalue weighted by molar-refractivity contribution is 5.74. The number of terminal acetylenes is 1. The van der Waals surface area contributed by atoms with Crippen LogP contribution in [0.2, 0.25) is 0 Å². The molecular weight excluding hydrogens is 268 g/mol. The second kappa shape index (κ2) is 10.6. The third-order valence-corrected chi connectivity index (χ3v) is 4.03. The van der Waals surface area contributed by atoms with Gasteiger partial charge in [0, 0.05) is 6.42 Å². The largest absolute Gasteiger partial charge is 0.462 e. The molecule has 21 heavy (non-hydrogen) atoms. The maximum absolute atomic E-state index is 11.6. The molecule has 1 rings (SSSR count). The van der Waals surface area contributed by atoms with Gasteiger partial charge in [0.15, 0.2) is 0 Å². The summed E-state index contributed by atoms with van der Waals surface area (Å²) in [4.78, 5) is 11.6. The number of rotatable bonds is 11. The zero-order valence-electron chi connectivity index (χ0n) is 12.8. The Morgan fingerprint density at radius 2 is 1.90 bits per heavy atom. The van der Waals surface area contributed by atoms with Crippen LogP contribution in [0.5, 0.6) is 0 Å². The van der Waals surface area contributed by atoms with Gasteiger partial charge < -0.3 is 14.9 Å². The summed E-state index contributed by atoms with van der Waals surface area (Å²) in [5.74, 6) is 2.18. The van der Waals surface area contributed by atoms with Crippen molar-refractivity contribution in [2.45, 2.75) is 76.4 Å². The van der Waals surface area contributed by atoms with E-state index in [1.165, 1.54) is 19.3 Å². The molecule has 0 unspecified atom stereocenters. The first-order chi connectivity index (χ1) is 10.2. The first kappa shape index (κ1) is 18.0. The van der Waals surface area contributed by atoms with Crippen LogP contribution in [0.1, 0.15) is 64.2 Å². The Morgan fingerprint density at radius 1 is 1.24 bits per heavy atom. The van der Waals surface area contributed by atoms with Crippen LogP contribution >= 0.6 is 0 Å². The van der Waals surface area contributed by atoms with Gasteiger partial charge in [-0.2, -0.15) is 0 Å². The molecule has 0 radical (unpaired) electrons. The molecule has 3 atom stereocenters. The summed E-state index contributed by atoms with van der Waals surface area (Å²) in [6.45, 7) is -0.297. The van der Waals surface area contributed by atoms with Crippen LogP contribution in [0.3, 0.4) is 0 Å². The number of aliphatic hydroxyl groups is 2. The van der Waals surface area contributed by atoms with E-state index in [0.29, 0.717) is 12.8 Å². The number of hydrogen-bond donors (Lipinski definition) is 2. The van der Waals surface area contributed by atoms with Crippen LogP contribution in [0.4, 0.5) is 0 Å². The molecule has 1 aliphatic rings. The third-order valence-electron chi connectivity index (χ3n) is 4.03. The molecule has 0 saturated carbocycles. The Bertz CT molecular complexity index is 334. The minimum Gasteiger partial charge on any atom is -0.462 e. The Hall–Kier alpha value is -1.05. The number of cyclic esters (lactones) is 1. The highest BCUT2D eigenvalue weighted by atomic mass is 16.5. The first-order valence-electron chi connectivity index (χ1n) is 8.10. The van der Waals surface area contributed by atoms with Crippen molar-refractivity contribution in [1.29, 1.82) is 0 Å². The molecule has 0 spiro atoms. The van der Waals surface area contributed by atoms with E-state index in [-0.39, 0.29) is 24.6 Å². The van der Waals surface area contributed by atoms with Gasteiger partial charge in [0.1, 0.15) is 6.10 Å². The summed E-state index contributed by atoms with van der Waals surface area (Å²) in [5.41, 5.74) is 0. The molecule has 0 aromatic rings. The van der Waals surface area contributed by atoms with Crippen molar-refractivity contribution in [3.05, 3.63) is 0 Å². The van der Waals surface area contributed by atoms with Crippen molar-refractivity contribution < 1.29 is 19.7 Å². The van der Waals surface area contributed by atoms with Gasteiger partial charge in [-0.1, -0.05) is 25.7 Å². The summed E-state index contributed by atoms with van der Waals surface area (Å²) in [6.07, 6.45) is 14.1. The van der Waals surface area contributed by atoms with Crippen molar-refractivity contribution in [1.82, 2.24) is 0 Å². The van der Waals surface area contributed by atoms with Gasteiger partial charge in [0.25, 0.3) is 0 Å². The summed E-state index contributed by atoms with van der Waals surface area (Å²) in [6, 6.07) is 0. The minimum absolute atomic E-state index is 0.00478. The van der Waals surface area contributed by atoms with E-state index in [9.17, 15) is 9.90 Å². The lowest BCUT2D eigenvalue weighted by molar-refractivity contribution is -0.145. The van der Waals surface area contributed by atoms with Crippen molar-refractivity contribution >= 4 is 5.97 Å². The molecule has 0 amide bonds. The predicted molar refractivity (Wildman–Crippen MR) is 81.5 cm³/mol. The van der Waals surface area contributed by atoms with Gasteiger partial charge in [-0.3, -0.25) is 4.79 Å². The maximum atomic E-state index is 11.6. The second-order valence-electron chi connectivity index (χ2n) is 5.93. The van der Waals surface area contributed by atoms with Gasteiger partial charge in [-0.15, -0.1) is 12.3 Å². The zero-order chi connectivity index (χ0) is 15.5. The van der Waals surface area contributed by atoms with Crippen LogP contribution in [-0.2, 0) is 9.53 Å². The molecule has 0 aromatic heterocycles. The molecule has 1 aliphatic heterocycles. The van der Waals surface area contributed by atoms with Crippen molar-refractivity contribution in [2.75, 3.05) is 6.61 Å². The Morgan fingerprint density at radius 3 is 2.57 bits per heavy atom. The van der Waals surface area contributed by atoms with Crippen LogP contribution in [0.15, 0.2) is 0 Å². The molecule has 0 aliphatic carbocycles. The minimum atomic E-state index is -0.815. The smallest absolute Gasteiger partial charge is 0.309 e. The average molecular weight is 296 g/mol. The summed E-state index contributed by atoms with van der Waals surface area (Å²) < 4.78 is 5.33. The number of carbonyl (C=O) groups excluding carboxylic acids is 1. The van der Waals surface area contributed by atoms with E-state index >= 15 is 0 Å². The quantitative estimate of drug-likeness (QED) is 0.349. The lowest BCUT2D eigenvalue weighted by Crippen LogP contribution is -2.20. The molecule has 0 aromatic carbocycles. The number of esters is 1. The van der Waals surface area contributed by atoms with Gasteiger partial charge in [-0.25, -0.2) is 0 Å². The van der Waals surface area contributed by atoms with Crippen LogP contribution in [0, 0.1) is 18.3 Å². The molecule has 2 N–H and O–H groups in total. The molecule has 1 fully saturated rings. The lowest BCUT2D eigenvalue weighted by Gasteiger charge is -2.10. The van der Waals surface area contributed by atoms with Gasteiger partial charge in [-0.05, 0) is 32.1 Å². The van der Waals surface area contributed by atoms with E-state index in [1.54, 1.807) is 0 Å². The van der Waals surface area contributed by atoms with Crippen LogP contribution in [-0.4, -0.2) is 35.0 Å². The number of carbonyl (C=O) groups is 1. The fraction of sp³-hybridized carbons (Fsp3) is 0.824. The third kappa shape index (κ3) is 7.50. The molecule has 0 bridgehead atoms. The molecule has 4 heteroatoms. The fourth-order valence-corrected chi connectivity index (χ4v) is 2.80. The highest BCUT2D eigenvalue weighted by Crippen LogP contribution is 2.28. The molecule has 1 heterocycles. The van der Waals surface area contributed by atoms with Crippen LogP contribution < -0.4 is 0 Å². The van der Waals surface area contributed by atoms with Gasteiger partial charge in [0.05, 0.1) is 18.6 Å². The van der Waals surface area contributed by atoms with Crippen molar-refractivity contribution in [3.63, 3.8) is 0 Å². The number of unbranched alkanes of at least 4 members (excludes halogenated alkanes) is 6. The monoisotopic (exact) mass is 296 g/mol. The predicted octanol–water partition coefficient (Wildman–Crippen LogP) is 2.42. The number of aliphatic hydroxyl groups excluding tert-OH is 2. The lowest BCUT2D eigenvalue weighted by atomic mass is 9.96. The van der Waals surface area contributed by atoms with Gasteiger partial charge in [0.2, 0.25) is 0 Å². The van der Waals surface area contributed by atoms with Crippen molar-refractivity contribution in [2.24, 2.45) is 5.92 Å². The van der Waals surface area contributed by atoms with Gasteiger partial charge >= 0.3 is 5.97 Å². The Kier molecular flexibility index (Phi) is 9.12. The number of ether oxygens (including phenoxy) is 1. The maximum Gasteiger partial charge on any atom is 0.309 e. The van der Waals surface area contributed by atoms with Crippen LogP contribution in [0.25, 0.3) is 0 Å². The first-order valence-corrected chi connectivity index (χ1v) is 8.10. The summed E-state index contributed by atoms with van der Waals surface area (Å²) >= 11 is 0. The zero-order valence-corrected chi connectivity index (χ0v) is 12.8. The van der Waals surface area contributed by atoms with E-state index in [1.807, 2.05) is 0 Å². The second-order valence-corrected chi connectivity index (χ2v) is 5.93. The Labute approximate surface area is 127 Å². The highest BCUT2D eigenvalue weighted by Gasteiger charge is 2.34.